The summed E-state index contributed by atoms with van der Waals surface area (Å²) < 4.78 is 4.91. The highest BCUT2D eigenvalue weighted by atomic mass is 16.5. The highest BCUT2D eigenvalue weighted by Crippen LogP contribution is 2.09. The van der Waals surface area contributed by atoms with Gasteiger partial charge in [-0.25, -0.2) is 4.98 Å². The highest BCUT2D eigenvalue weighted by molar-refractivity contribution is 6.03. The number of aromatic nitrogens is 2. The first-order valence-electron chi connectivity index (χ1n) is 5.01. The van der Waals surface area contributed by atoms with E-state index >= 15 is 0 Å². The number of rotatable bonds is 3. The summed E-state index contributed by atoms with van der Waals surface area (Å²) in [7, 11) is 1.53. The largest absolute Gasteiger partial charge is 0.481 e. The number of nitrogens with one attached hydrogen (secondary N) is 1. The maximum atomic E-state index is 11.8. The molecule has 0 aliphatic rings. The summed E-state index contributed by atoms with van der Waals surface area (Å²) in [4.78, 5) is 19.7. The van der Waals surface area contributed by atoms with E-state index in [0.717, 1.165) is 0 Å². The number of hydrogen-bond acceptors (Lipinski definition) is 4. The number of ether oxygens (including phenoxy) is 1. The molecular weight excluding hydrogens is 218 g/mol. The van der Waals surface area contributed by atoms with Crippen LogP contribution in [0.2, 0.25) is 0 Å². The lowest BCUT2D eigenvalue weighted by molar-refractivity contribution is 0.102. The van der Waals surface area contributed by atoms with Crippen LogP contribution < -0.4 is 10.1 Å². The second-order valence-electron chi connectivity index (χ2n) is 3.29. The summed E-state index contributed by atoms with van der Waals surface area (Å²) in [6.45, 7) is 0. The topological polar surface area (TPSA) is 64.1 Å². The van der Waals surface area contributed by atoms with Gasteiger partial charge in [0.15, 0.2) is 0 Å². The number of hydrogen-bond donors (Lipinski definition) is 1. The van der Waals surface area contributed by atoms with Crippen LogP contribution in [0.3, 0.4) is 0 Å². The normalized spacial score (nSPS) is 9.71. The number of pyridine rings is 2. The Kier molecular flexibility index (Phi) is 3.30. The van der Waals surface area contributed by atoms with E-state index in [1.165, 1.54) is 13.3 Å². The number of nitrogens with zero attached hydrogens (tertiary/aromatic N) is 2. The van der Waals surface area contributed by atoms with Crippen LogP contribution in [0.15, 0.2) is 42.9 Å². The predicted octanol–water partition coefficient (Wildman–Crippen LogP) is 1.74. The van der Waals surface area contributed by atoms with Gasteiger partial charge in [0.25, 0.3) is 5.91 Å². The number of carbonyl (C=O) groups is 1. The van der Waals surface area contributed by atoms with E-state index in [0.29, 0.717) is 17.1 Å². The summed E-state index contributed by atoms with van der Waals surface area (Å²) in [6, 6.07) is 6.80. The van der Waals surface area contributed by atoms with Gasteiger partial charge in [-0.05, 0) is 18.2 Å². The molecule has 0 saturated heterocycles. The first kappa shape index (κ1) is 11.1. The lowest BCUT2D eigenvalue weighted by Gasteiger charge is -2.04. The monoisotopic (exact) mass is 229 g/mol. The summed E-state index contributed by atoms with van der Waals surface area (Å²) in [5.74, 6) is 0.246. The molecule has 2 heterocycles. The minimum Gasteiger partial charge on any atom is -0.481 e. The second kappa shape index (κ2) is 5.07. The predicted molar refractivity (Wildman–Crippen MR) is 63.0 cm³/mol. The van der Waals surface area contributed by atoms with Crippen molar-refractivity contribution in [3.63, 3.8) is 0 Å². The fourth-order valence-electron chi connectivity index (χ4n) is 1.28. The van der Waals surface area contributed by atoms with Crippen molar-refractivity contribution >= 4 is 11.6 Å². The highest BCUT2D eigenvalue weighted by Gasteiger charge is 2.06. The van der Waals surface area contributed by atoms with Crippen LogP contribution in [0, 0.1) is 0 Å². The molecule has 0 unspecified atom stereocenters. The number of methoxy groups -OCH3 is 1. The van der Waals surface area contributed by atoms with Gasteiger partial charge in [-0.1, -0.05) is 0 Å². The third kappa shape index (κ3) is 2.78. The third-order valence-electron chi connectivity index (χ3n) is 2.13. The molecule has 0 spiro atoms. The number of amides is 1. The first-order chi connectivity index (χ1) is 8.29. The molecule has 5 heteroatoms. The van der Waals surface area contributed by atoms with Crippen molar-refractivity contribution in [2.45, 2.75) is 0 Å². The molecule has 0 fully saturated rings. The van der Waals surface area contributed by atoms with Crippen LogP contribution in [0.5, 0.6) is 5.88 Å². The van der Waals surface area contributed by atoms with Crippen molar-refractivity contribution in [2.24, 2.45) is 0 Å². The molecule has 5 nitrogen and oxygen atoms in total. The van der Waals surface area contributed by atoms with Crippen LogP contribution in [-0.2, 0) is 0 Å². The van der Waals surface area contributed by atoms with Gasteiger partial charge in [0.2, 0.25) is 5.88 Å². The van der Waals surface area contributed by atoms with Gasteiger partial charge in [0, 0.05) is 18.5 Å². The van der Waals surface area contributed by atoms with Gasteiger partial charge in [0.1, 0.15) is 0 Å². The van der Waals surface area contributed by atoms with Crippen LogP contribution >= 0.6 is 0 Å². The smallest absolute Gasteiger partial charge is 0.257 e. The summed E-state index contributed by atoms with van der Waals surface area (Å²) in [6.07, 6.45) is 4.68. The van der Waals surface area contributed by atoms with Gasteiger partial charge in [-0.15, -0.1) is 0 Å². The molecule has 2 aromatic rings. The molecule has 0 radical (unpaired) electrons. The van der Waals surface area contributed by atoms with Crippen molar-refractivity contribution in [2.75, 3.05) is 12.4 Å². The average molecular weight is 229 g/mol. The van der Waals surface area contributed by atoms with Crippen molar-refractivity contribution in [1.29, 1.82) is 0 Å². The molecule has 0 aromatic carbocycles. The third-order valence-corrected chi connectivity index (χ3v) is 2.13. The Morgan fingerprint density at radius 3 is 2.76 bits per heavy atom. The van der Waals surface area contributed by atoms with E-state index in [-0.39, 0.29) is 5.91 Å². The zero-order valence-corrected chi connectivity index (χ0v) is 9.25. The molecular formula is C12H11N3O2. The van der Waals surface area contributed by atoms with E-state index in [9.17, 15) is 4.79 Å². The summed E-state index contributed by atoms with van der Waals surface area (Å²) in [5.41, 5.74) is 1.11. The molecule has 17 heavy (non-hydrogen) atoms. The molecule has 2 aromatic heterocycles. The van der Waals surface area contributed by atoms with Gasteiger partial charge < -0.3 is 10.1 Å². The van der Waals surface area contributed by atoms with E-state index in [1.807, 2.05) is 0 Å². The minimum atomic E-state index is -0.229. The Morgan fingerprint density at radius 2 is 2.18 bits per heavy atom. The standard InChI is InChI=1S/C12H11N3O2/c1-17-11-5-4-9(7-14-11)12(16)15-10-3-2-6-13-8-10/h2-8H,1H3,(H,15,16). The molecule has 0 aliphatic heterocycles. The molecule has 0 aliphatic carbocycles. The van der Waals surface area contributed by atoms with Crippen molar-refractivity contribution in [3.05, 3.63) is 48.4 Å². The van der Waals surface area contributed by atoms with E-state index in [4.69, 9.17) is 4.74 Å². The molecule has 2 rings (SSSR count). The minimum absolute atomic E-state index is 0.229. The Bertz CT molecular complexity index is 497. The fraction of sp³-hybridized carbons (Fsp3) is 0.0833. The van der Waals surface area contributed by atoms with Gasteiger partial charge >= 0.3 is 0 Å². The fourth-order valence-corrected chi connectivity index (χ4v) is 1.28. The Morgan fingerprint density at radius 1 is 1.29 bits per heavy atom. The van der Waals surface area contributed by atoms with Gasteiger partial charge in [-0.2, -0.15) is 0 Å². The van der Waals surface area contributed by atoms with E-state index in [2.05, 4.69) is 15.3 Å². The molecule has 0 atom stereocenters. The van der Waals surface area contributed by atoms with Crippen molar-refractivity contribution in [1.82, 2.24) is 9.97 Å². The van der Waals surface area contributed by atoms with E-state index in [1.54, 1.807) is 36.7 Å². The van der Waals surface area contributed by atoms with Gasteiger partial charge in [-0.3, -0.25) is 9.78 Å². The molecule has 1 amide bonds. The van der Waals surface area contributed by atoms with Gasteiger partial charge in [0.05, 0.1) is 24.6 Å². The quantitative estimate of drug-likeness (QED) is 0.870. The van der Waals surface area contributed by atoms with Crippen LogP contribution in [0.25, 0.3) is 0 Å². The maximum Gasteiger partial charge on any atom is 0.257 e. The number of carbonyl (C=O) groups excluding carboxylic acids is 1. The molecule has 0 saturated carbocycles. The van der Waals surface area contributed by atoms with Crippen LogP contribution in [0.1, 0.15) is 10.4 Å². The maximum absolute atomic E-state index is 11.8. The average Bonchev–Trinajstić information content (AvgIpc) is 2.40. The lowest BCUT2D eigenvalue weighted by Crippen LogP contribution is -2.12. The zero-order chi connectivity index (χ0) is 12.1. The van der Waals surface area contributed by atoms with Crippen molar-refractivity contribution in [3.8, 4) is 5.88 Å². The Hall–Kier alpha value is -2.43. The molecule has 86 valence electrons. The Labute approximate surface area is 98.5 Å². The SMILES string of the molecule is COc1ccc(C(=O)Nc2cccnc2)cn1. The van der Waals surface area contributed by atoms with Crippen LogP contribution in [-0.4, -0.2) is 23.0 Å². The zero-order valence-electron chi connectivity index (χ0n) is 9.25. The Balaban J connectivity index is 2.09. The summed E-state index contributed by atoms with van der Waals surface area (Å²) in [5, 5.41) is 2.71. The first-order valence-corrected chi connectivity index (χ1v) is 5.01. The van der Waals surface area contributed by atoms with E-state index < -0.39 is 0 Å². The van der Waals surface area contributed by atoms with Crippen LogP contribution in [0.4, 0.5) is 5.69 Å². The molecule has 1 N–H and O–H groups in total. The second-order valence-corrected chi connectivity index (χ2v) is 3.29. The van der Waals surface area contributed by atoms with Crippen molar-refractivity contribution < 1.29 is 9.53 Å². The number of anilines is 1. The molecule has 0 bridgehead atoms. The summed E-state index contributed by atoms with van der Waals surface area (Å²) >= 11 is 0. The lowest BCUT2D eigenvalue weighted by atomic mass is 10.2.